The van der Waals surface area contributed by atoms with Crippen LogP contribution in [0.15, 0.2) is 79.0 Å². The van der Waals surface area contributed by atoms with E-state index in [1.165, 1.54) is 6.20 Å². The van der Waals surface area contributed by atoms with Crippen molar-refractivity contribution in [3.63, 3.8) is 0 Å². The van der Waals surface area contributed by atoms with Gasteiger partial charge in [0.25, 0.3) is 0 Å². The molecular formula is C26H22N2O5. The topological polar surface area (TPSA) is 97.6 Å². The summed E-state index contributed by atoms with van der Waals surface area (Å²) in [6.45, 7) is 2.03. The number of carboxylic acid groups (broad SMARTS) is 1. The van der Waals surface area contributed by atoms with Crippen molar-refractivity contribution in [2.45, 2.75) is 13.3 Å². The van der Waals surface area contributed by atoms with Gasteiger partial charge < -0.3 is 19.7 Å². The zero-order chi connectivity index (χ0) is 23.4. The molecule has 0 aliphatic rings. The van der Waals surface area contributed by atoms with Crippen molar-refractivity contribution in [1.29, 1.82) is 0 Å². The molecule has 0 fully saturated rings. The molecule has 0 aliphatic carbocycles. The van der Waals surface area contributed by atoms with Crippen LogP contribution in [0.3, 0.4) is 0 Å². The maximum Gasteiger partial charge on any atom is 0.338 e. The smallest absolute Gasteiger partial charge is 0.338 e. The average molecular weight is 442 g/mol. The SMILES string of the molecule is CCOC(=O)c1ccc(-n2cc(C(=O)O)c3cc(NC(=O)Cc4ccccc4)ccc32)cc1. The number of nitrogens with one attached hydrogen (secondary N) is 1. The summed E-state index contributed by atoms with van der Waals surface area (Å²) < 4.78 is 6.74. The van der Waals surface area contributed by atoms with Crippen LogP contribution in [0, 0.1) is 0 Å². The fourth-order valence-corrected chi connectivity index (χ4v) is 3.65. The summed E-state index contributed by atoms with van der Waals surface area (Å²) in [5, 5.41) is 13.1. The molecule has 0 aliphatic heterocycles. The van der Waals surface area contributed by atoms with Crippen LogP contribution in [0.25, 0.3) is 16.6 Å². The van der Waals surface area contributed by atoms with Gasteiger partial charge in [0.15, 0.2) is 0 Å². The number of carboxylic acids is 1. The molecule has 7 heteroatoms. The molecule has 3 aromatic carbocycles. The molecule has 166 valence electrons. The number of hydrogen-bond donors (Lipinski definition) is 2. The fourth-order valence-electron chi connectivity index (χ4n) is 3.65. The zero-order valence-corrected chi connectivity index (χ0v) is 17.9. The first kappa shape index (κ1) is 21.8. The van der Waals surface area contributed by atoms with E-state index in [-0.39, 0.29) is 24.5 Å². The minimum absolute atomic E-state index is 0.110. The number of hydrogen-bond acceptors (Lipinski definition) is 4. The van der Waals surface area contributed by atoms with Gasteiger partial charge in [-0.15, -0.1) is 0 Å². The van der Waals surface area contributed by atoms with Crippen LogP contribution in [-0.4, -0.2) is 34.1 Å². The lowest BCUT2D eigenvalue weighted by molar-refractivity contribution is -0.115. The summed E-state index contributed by atoms with van der Waals surface area (Å²) in [7, 11) is 0. The quantitative estimate of drug-likeness (QED) is 0.405. The lowest BCUT2D eigenvalue weighted by Gasteiger charge is -2.09. The lowest BCUT2D eigenvalue weighted by Crippen LogP contribution is -2.14. The van der Waals surface area contributed by atoms with E-state index in [9.17, 15) is 19.5 Å². The average Bonchev–Trinajstić information content (AvgIpc) is 3.19. The van der Waals surface area contributed by atoms with Gasteiger partial charge in [-0.2, -0.15) is 0 Å². The van der Waals surface area contributed by atoms with E-state index in [2.05, 4.69) is 5.32 Å². The second kappa shape index (κ2) is 9.40. The van der Waals surface area contributed by atoms with Crippen LogP contribution in [0.4, 0.5) is 5.69 Å². The minimum Gasteiger partial charge on any atom is -0.478 e. The number of nitrogens with zero attached hydrogens (tertiary/aromatic N) is 1. The number of aromatic nitrogens is 1. The first-order valence-corrected chi connectivity index (χ1v) is 10.5. The van der Waals surface area contributed by atoms with Crippen LogP contribution < -0.4 is 5.32 Å². The van der Waals surface area contributed by atoms with E-state index in [4.69, 9.17) is 4.74 Å². The molecule has 0 spiro atoms. The highest BCUT2D eigenvalue weighted by Crippen LogP contribution is 2.28. The van der Waals surface area contributed by atoms with Crippen LogP contribution in [0.5, 0.6) is 0 Å². The molecule has 0 unspecified atom stereocenters. The van der Waals surface area contributed by atoms with Crippen molar-refractivity contribution in [2.75, 3.05) is 11.9 Å². The van der Waals surface area contributed by atoms with Crippen molar-refractivity contribution in [3.8, 4) is 5.69 Å². The van der Waals surface area contributed by atoms with Crippen molar-refractivity contribution in [2.24, 2.45) is 0 Å². The van der Waals surface area contributed by atoms with Gasteiger partial charge in [0, 0.05) is 23.0 Å². The Labute approximate surface area is 190 Å². The first-order chi connectivity index (χ1) is 16.0. The zero-order valence-electron chi connectivity index (χ0n) is 17.9. The summed E-state index contributed by atoms with van der Waals surface area (Å²) in [5.74, 6) is -1.68. The molecule has 2 N–H and O–H groups in total. The lowest BCUT2D eigenvalue weighted by atomic mass is 10.1. The number of ether oxygens (including phenoxy) is 1. The molecule has 4 aromatic rings. The molecule has 0 saturated heterocycles. The summed E-state index contributed by atoms with van der Waals surface area (Å²) in [5.41, 5.74) is 3.29. The van der Waals surface area contributed by atoms with Gasteiger partial charge >= 0.3 is 11.9 Å². The third kappa shape index (κ3) is 4.77. The van der Waals surface area contributed by atoms with E-state index in [0.29, 0.717) is 27.8 Å². The number of carbonyl (C=O) groups excluding carboxylic acids is 2. The Bertz CT molecular complexity index is 1320. The molecular weight excluding hydrogens is 420 g/mol. The fraction of sp³-hybridized carbons (Fsp3) is 0.115. The van der Waals surface area contributed by atoms with E-state index < -0.39 is 11.9 Å². The molecule has 0 radical (unpaired) electrons. The monoisotopic (exact) mass is 442 g/mol. The van der Waals surface area contributed by atoms with Gasteiger partial charge in [0.1, 0.15) is 0 Å². The summed E-state index contributed by atoms with van der Waals surface area (Å²) in [4.78, 5) is 36.2. The Morgan fingerprint density at radius 3 is 2.36 bits per heavy atom. The number of fused-ring (bicyclic) bond motifs is 1. The Morgan fingerprint density at radius 2 is 1.70 bits per heavy atom. The summed E-state index contributed by atoms with van der Waals surface area (Å²) in [6.07, 6.45) is 1.75. The van der Waals surface area contributed by atoms with Crippen molar-refractivity contribution in [3.05, 3.63) is 95.7 Å². The highest BCUT2D eigenvalue weighted by Gasteiger charge is 2.17. The molecule has 1 heterocycles. The number of esters is 1. The van der Waals surface area contributed by atoms with E-state index in [1.807, 2.05) is 30.3 Å². The largest absolute Gasteiger partial charge is 0.478 e. The summed E-state index contributed by atoms with van der Waals surface area (Å²) >= 11 is 0. The van der Waals surface area contributed by atoms with E-state index >= 15 is 0 Å². The van der Waals surface area contributed by atoms with Crippen molar-refractivity contribution in [1.82, 2.24) is 4.57 Å². The second-order valence-corrected chi connectivity index (χ2v) is 7.43. The number of anilines is 1. The molecule has 1 aromatic heterocycles. The maximum atomic E-state index is 12.4. The molecule has 33 heavy (non-hydrogen) atoms. The van der Waals surface area contributed by atoms with Gasteiger partial charge in [-0.05, 0) is 55.0 Å². The number of aromatic carboxylic acids is 1. The summed E-state index contributed by atoms with van der Waals surface area (Å²) in [6, 6.07) is 21.3. The third-order valence-electron chi connectivity index (χ3n) is 5.18. The number of amides is 1. The van der Waals surface area contributed by atoms with Gasteiger partial charge in [0.05, 0.1) is 29.7 Å². The van der Waals surface area contributed by atoms with Crippen LogP contribution >= 0.6 is 0 Å². The molecule has 7 nitrogen and oxygen atoms in total. The van der Waals surface area contributed by atoms with Gasteiger partial charge in [-0.1, -0.05) is 30.3 Å². The second-order valence-electron chi connectivity index (χ2n) is 7.43. The number of carbonyl (C=O) groups is 3. The normalized spacial score (nSPS) is 10.7. The highest BCUT2D eigenvalue weighted by atomic mass is 16.5. The maximum absolute atomic E-state index is 12.4. The van der Waals surface area contributed by atoms with Crippen molar-refractivity contribution >= 4 is 34.4 Å². The number of benzene rings is 3. The predicted octanol–water partition coefficient (Wildman–Crippen LogP) is 4.69. The van der Waals surface area contributed by atoms with E-state index in [1.54, 1.807) is 54.0 Å². The molecule has 4 rings (SSSR count). The first-order valence-electron chi connectivity index (χ1n) is 10.5. The Hall–Kier alpha value is -4.39. The van der Waals surface area contributed by atoms with Gasteiger partial charge in [-0.25, -0.2) is 9.59 Å². The van der Waals surface area contributed by atoms with Crippen LogP contribution in [0.1, 0.15) is 33.2 Å². The standard InChI is InChI=1S/C26H22N2O5/c1-2-33-26(32)18-8-11-20(12-9-18)28-16-22(25(30)31)21-15-19(10-13-23(21)28)27-24(29)14-17-6-4-3-5-7-17/h3-13,15-16H,2,14H2,1H3,(H,27,29)(H,30,31). The molecule has 0 saturated carbocycles. The number of rotatable bonds is 7. The Balaban J connectivity index is 1.64. The predicted molar refractivity (Wildman–Crippen MR) is 125 cm³/mol. The van der Waals surface area contributed by atoms with Crippen LogP contribution in [0.2, 0.25) is 0 Å². The Kier molecular flexibility index (Phi) is 6.22. The molecule has 0 atom stereocenters. The Morgan fingerprint density at radius 1 is 0.970 bits per heavy atom. The highest BCUT2D eigenvalue weighted by molar-refractivity contribution is 6.06. The molecule has 1 amide bonds. The minimum atomic E-state index is -1.07. The third-order valence-corrected chi connectivity index (χ3v) is 5.18. The molecule has 0 bridgehead atoms. The van der Waals surface area contributed by atoms with Crippen molar-refractivity contribution < 1.29 is 24.2 Å². The van der Waals surface area contributed by atoms with E-state index in [0.717, 1.165) is 5.56 Å². The van der Waals surface area contributed by atoms with Gasteiger partial charge in [0.2, 0.25) is 5.91 Å². The van der Waals surface area contributed by atoms with Crippen LogP contribution in [-0.2, 0) is 16.0 Å². The van der Waals surface area contributed by atoms with Gasteiger partial charge in [-0.3, -0.25) is 4.79 Å².